The van der Waals surface area contributed by atoms with Crippen LogP contribution in [0.3, 0.4) is 0 Å². The third-order valence-corrected chi connectivity index (χ3v) is 2.74. The number of imide groups is 1. The highest BCUT2D eigenvalue weighted by Crippen LogP contribution is 2.20. The number of carbonyl (C=O) groups is 3. The molecule has 1 fully saturated rings. The Bertz CT molecular complexity index is 336. The van der Waals surface area contributed by atoms with Crippen molar-refractivity contribution in [1.29, 1.82) is 0 Å². The van der Waals surface area contributed by atoms with Crippen LogP contribution in [0.25, 0.3) is 0 Å². The SMILES string of the molecule is CN(C)C(=O)CCN1C(=O)NC(=O)C1(C)C. The molecule has 0 bridgehead atoms. The minimum absolute atomic E-state index is 0.0667. The molecule has 1 N–H and O–H groups in total. The van der Waals surface area contributed by atoms with E-state index in [-0.39, 0.29) is 24.8 Å². The van der Waals surface area contributed by atoms with Gasteiger partial charge in [-0.25, -0.2) is 4.79 Å². The molecule has 0 aromatic heterocycles. The quantitative estimate of drug-likeness (QED) is 0.678. The first kappa shape index (κ1) is 12.5. The second-order valence-corrected chi connectivity index (χ2v) is 4.51. The highest BCUT2D eigenvalue weighted by atomic mass is 16.2. The van der Waals surface area contributed by atoms with Crippen molar-refractivity contribution in [3.63, 3.8) is 0 Å². The highest BCUT2D eigenvalue weighted by molar-refractivity contribution is 6.06. The molecule has 1 aliphatic rings. The molecule has 0 aromatic carbocycles. The number of rotatable bonds is 3. The van der Waals surface area contributed by atoms with Gasteiger partial charge in [-0.15, -0.1) is 0 Å². The zero-order chi connectivity index (χ0) is 12.5. The van der Waals surface area contributed by atoms with E-state index < -0.39 is 11.6 Å². The summed E-state index contributed by atoms with van der Waals surface area (Å²) < 4.78 is 0. The van der Waals surface area contributed by atoms with Gasteiger partial charge in [0.25, 0.3) is 5.91 Å². The second kappa shape index (κ2) is 4.11. The van der Waals surface area contributed by atoms with Gasteiger partial charge in [-0.3, -0.25) is 14.9 Å². The van der Waals surface area contributed by atoms with Crippen molar-refractivity contribution in [2.45, 2.75) is 25.8 Å². The maximum atomic E-state index is 11.5. The van der Waals surface area contributed by atoms with Crippen molar-refractivity contribution in [3.05, 3.63) is 0 Å². The van der Waals surface area contributed by atoms with E-state index in [9.17, 15) is 14.4 Å². The molecule has 16 heavy (non-hydrogen) atoms. The highest BCUT2D eigenvalue weighted by Gasteiger charge is 2.45. The Kier molecular flexibility index (Phi) is 3.21. The number of urea groups is 1. The molecule has 0 aromatic rings. The molecule has 0 radical (unpaired) electrons. The third-order valence-electron chi connectivity index (χ3n) is 2.74. The number of hydrogen-bond donors (Lipinski definition) is 1. The lowest BCUT2D eigenvalue weighted by atomic mass is 10.0. The van der Waals surface area contributed by atoms with Crippen LogP contribution < -0.4 is 5.32 Å². The number of carbonyl (C=O) groups excluding carboxylic acids is 3. The molecule has 1 rings (SSSR count). The van der Waals surface area contributed by atoms with E-state index in [1.54, 1.807) is 27.9 Å². The van der Waals surface area contributed by atoms with E-state index in [0.29, 0.717) is 0 Å². The summed E-state index contributed by atoms with van der Waals surface area (Å²) in [7, 11) is 3.31. The van der Waals surface area contributed by atoms with E-state index in [1.807, 2.05) is 0 Å². The molecule has 4 amide bonds. The zero-order valence-electron chi connectivity index (χ0n) is 10.0. The summed E-state index contributed by atoms with van der Waals surface area (Å²) in [6.07, 6.45) is 0.219. The van der Waals surface area contributed by atoms with Crippen LogP contribution in [0.15, 0.2) is 0 Å². The minimum atomic E-state index is -0.871. The molecular weight excluding hydrogens is 210 g/mol. The molecule has 90 valence electrons. The van der Waals surface area contributed by atoms with Crippen LogP contribution in [-0.2, 0) is 9.59 Å². The maximum Gasteiger partial charge on any atom is 0.325 e. The first-order chi connectivity index (χ1) is 7.26. The van der Waals surface area contributed by atoms with E-state index in [0.717, 1.165) is 0 Å². The predicted molar refractivity (Wildman–Crippen MR) is 57.6 cm³/mol. The van der Waals surface area contributed by atoms with E-state index in [2.05, 4.69) is 5.32 Å². The predicted octanol–water partition coefficient (Wildman–Crippen LogP) is -0.205. The fraction of sp³-hybridized carbons (Fsp3) is 0.700. The molecule has 0 atom stereocenters. The molecule has 0 aliphatic carbocycles. The van der Waals surface area contributed by atoms with Crippen molar-refractivity contribution in [3.8, 4) is 0 Å². The van der Waals surface area contributed by atoms with Crippen LogP contribution in [0, 0.1) is 0 Å². The van der Waals surface area contributed by atoms with Crippen LogP contribution in [0.2, 0.25) is 0 Å². The molecule has 0 unspecified atom stereocenters. The van der Waals surface area contributed by atoms with Gasteiger partial charge in [0.2, 0.25) is 5.91 Å². The molecule has 6 nitrogen and oxygen atoms in total. The Morgan fingerprint density at radius 2 is 1.94 bits per heavy atom. The Balaban J connectivity index is 2.64. The number of nitrogens with zero attached hydrogens (tertiary/aromatic N) is 2. The van der Waals surface area contributed by atoms with Crippen molar-refractivity contribution < 1.29 is 14.4 Å². The van der Waals surface area contributed by atoms with Gasteiger partial charge >= 0.3 is 6.03 Å². The van der Waals surface area contributed by atoms with Crippen molar-refractivity contribution in [2.75, 3.05) is 20.6 Å². The first-order valence-corrected chi connectivity index (χ1v) is 5.10. The molecule has 6 heteroatoms. The lowest BCUT2D eigenvalue weighted by Gasteiger charge is -2.27. The van der Waals surface area contributed by atoms with Gasteiger partial charge in [0.1, 0.15) is 5.54 Å². The summed E-state index contributed by atoms with van der Waals surface area (Å²) in [5.74, 6) is -0.391. The summed E-state index contributed by atoms with van der Waals surface area (Å²) in [5, 5.41) is 2.23. The van der Waals surface area contributed by atoms with Crippen molar-refractivity contribution in [2.24, 2.45) is 0 Å². The lowest BCUT2D eigenvalue weighted by Crippen LogP contribution is -2.45. The lowest BCUT2D eigenvalue weighted by molar-refractivity contribution is -0.130. The van der Waals surface area contributed by atoms with Crippen molar-refractivity contribution >= 4 is 17.8 Å². The number of nitrogens with one attached hydrogen (secondary N) is 1. The monoisotopic (exact) mass is 227 g/mol. The summed E-state index contributed by atoms with van der Waals surface area (Å²) in [6.45, 7) is 3.57. The molecule has 0 saturated carbocycles. The zero-order valence-corrected chi connectivity index (χ0v) is 10.0. The average molecular weight is 227 g/mol. The molecule has 1 saturated heterocycles. The van der Waals surface area contributed by atoms with E-state index in [4.69, 9.17) is 0 Å². The molecule has 1 aliphatic heterocycles. The van der Waals surface area contributed by atoms with Crippen LogP contribution in [0.5, 0.6) is 0 Å². The van der Waals surface area contributed by atoms with Gasteiger partial charge in [0.15, 0.2) is 0 Å². The Morgan fingerprint density at radius 1 is 1.38 bits per heavy atom. The fourth-order valence-corrected chi connectivity index (χ4v) is 1.51. The van der Waals surface area contributed by atoms with Gasteiger partial charge in [-0.2, -0.15) is 0 Å². The Hall–Kier alpha value is -1.59. The van der Waals surface area contributed by atoms with Crippen LogP contribution >= 0.6 is 0 Å². The van der Waals surface area contributed by atoms with E-state index >= 15 is 0 Å². The largest absolute Gasteiger partial charge is 0.349 e. The number of hydrogen-bond acceptors (Lipinski definition) is 3. The van der Waals surface area contributed by atoms with Gasteiger partial charge in [-0.1, -0.05) is 0 Å². The van der Waals surface area contributed by atoms with Gasteiger partial charge in [0.05, 0.1) is 0 Å². The molecular formula is C10H17N3O3. The third kappa shape index (κ3) is 2.15. The number of amides is 4. The summed E-state index contributed by atoms with van der Waals surface area (Å²) in [6, 6.07) is -0.429. The van der Waals surface area contributed by atoms with Gasteiger partial charge in [0, 0.05) is 27.1 Å². The second-order valence-electron chi connectivity index (χ2n) is 4.51. The van der Waals surface area contributed by atoms with E-state index in [1.165, 1.54) is 9.80 Å². The van der Waals surface area contributed by atoms with Gasteiger partial charge in [-0.05, 0) is 13.8 Å². The van der Waals surface area contributed by atoms with Gasteiger partial charge < -0.3 is 9.80 Å². The van der Waals surface area contributed by atoms with Crippen LogP contribution in [0.4, 0.5) is 4.79 Å². The van der Waals surface area contributed by atoms with Crippen molar-refractivity contribution in [1.82, 2.24) is 15.1 Å². The standard InChI is InChI=1S/C10H17N3O3/c1-10(2)8(15)11-9(16)13(10)6-5-7(14)12(3)4/h5-6H2,1-4H3,(H,11,15,16). The minimum Gasteiger partial charge on any atom is -0.349 e. The molecule has 1 heterocycles. The summed E-state index contributed by atoms with van der Waals surface area (Å²) in [5.41, 5.74) is -0.871. The maximum absolute atomic E-state index is 11.5. The summed E-state index contributed by atoms with van der Waals surface area (Å²) >= 11 is 0. The fourth-order valence-electron chi connectivity index (χ4n) is 1.51. The smallest absolute Gasteiger partial charge is 0.325 e. The molecule has 0 spiro atoms. The van der Waals surface area contributed by atoms with Crippen LogP contribution in [-0.4, -0.2) is 53.8 Å². The Labute approximate surface area is 94.6 Å². The topological polar surface area (TPSA) is 69.7 Å². The van der Waals surface area contributed by atoms with Crippen LogP contribution in [0.1, 0.15) is 20.3 Å². The summed E-state index contributed by atoms with van der Waals surface area (Å²) in [4.78, 5) is 37.1. The normalized spacial score (nSPS) is 18.6. The Morgan fingerprint density at radius 3 is 2.31 bits per heavy atom. The first-order valence-electron chi connectivity index (χ1n) is 5.10. The average Bonchev–Trinajstić information content (AvgIpc) is 2.34.